The van der Waals surface area contributed by atoms with Gasteiger partial charge in [-0.2, -0.15) is 0 Å². The summed E-state index contributed by atoms with van der Waals surface area (Å²) in [5.74, 6) is -0.881. The van der Waals surface area contributed by atoms with Crippen LogP contribution < -0.4 is 0 Å². The highest BCUT2D eigenvalue weighted by atomic mass is 16.2. The molecule has 118 valence electrons. The van der Waals surface area contributed by atoms with Gasteiger partial charge in [0, 0.05) is 32.7 Å². The molecular formula is C19H21N3O. The number of nitrogens with zero attached hydrogens (tertiary/aromatic N) is 3. The first-order valence-corrected chi connectivity index (χ1v) is 7.01. The number of imidazole rings is 1. The minimum absolute atomic E-state index is 0.00397. The van der Waals surface area contributed by atoms with E-state index in [2.05, 4.69) is 4.98 Å². The molecule has 0 bridgehead atoms. The van der Waals surface area contributed by atoms with Gasteiger partial charge < -0.3 is 9.30 Å². The summed E-state index contributed by atoms with van der Waals surface area (Å²) in [6.07, 6.45) is -2.86. The number of rotatable bonds is 3. The molecule has 1 amide bonds. The van der Waals surface area contributed by atoms with Crippen molar-refractivity contribution in [1.82, 2.24) is 14.3 Å². The Bertz CT molecular complexity index is 1180. The van der Waals surface area contributed by atoms with Crippen LogP contribution >= 0.6 is 0 Å². The molecule has 2 aromatic heterocycles. The second-order valence-corrected chi connectivity index (χ2v) is 5.36. The van der Waals surface area contributed by atoms with Crippen molar-refractivity contribution in [3.8, 4) is 11.3 Å². The van der Waals surface area contributed by atoms with Crippen molar-refractivity contribution in [1.29, 1.82) is 0 Å². The molecule has 0 unspecified atom stereocenters. The van der Waals surface area contributed by atoms with Gasteiger partial charge in [-0.15, -0.1) is 0 Å². The second kappa shape index (κ2) is 5.88. The van der Waals surface area contributed by atoms with E-state index in [1.165, 1.54) is 45.3 Å². The van der Waals surface area contributed by atoms with E-state index in [0.29, 0.717) is 5.56 Å². The van der Waals surface area contributed by atoms with Crippen molar-refractivity contribution < 1.29 is 15.8 Å². The molecule has 0 atom stereocenters. The van der Waals surface area contributed by atoms with Gasteiger partial charge in [-0.1, -0.05) is 35.9 Å². The molecule has 1 aromatic carbocycles. The summed E-state index contributed by atoms with van der Waals surface area (Å²) in [5.41, 5.74) is 0.189. The number of pyridine rings is 1. The number of aromatic nitrogens is 2. The SMILES string of the molecule is [2H]c1c(C)c([2H])n2c(C([2H])([2H])C(=O)N(C)C)c(-c3ccc(C([2H])([2H])[2H])cc3)nc2c1[2H]. The third-order valence-corrected chi connectivity index (χ3v) is 3.31. The van der Waals surface area contributed by atoms with Gasteiger partial charge in [0.15, 0.2) is 0 Å². The zero-order valence-corrected chi connectivity index (χ0v) is 13.1. The van der Waals surface area contributed by atoms with Crippen molar-refractivity contribution >= 4 is 11.6 Å². The van der Waals surface area contributed by atoms with Crippen molar-refractivity contribution in [2.24, 2.45) is 0 Å². The summed E-state index contributed by atoms with van der Waals surface area (Å²) < 4.78 is 65.5. The molecule has 4 nitrogen and oxygen atoms in total. The summed E-state index contributed by atoms with van der Waals surface area (Å²) >= 11 is 0. The van der Waals surface area contributed by atoms with Gasteiger partial charge in [-0.25, -0.2) is 4.98 Å². The number of benzene rings is 1. The first-order chi connectivity index (χ1) is 14.2. The van der Waals surface area contributed by atoms with Crippen molar-refractivity contribution in [3.05, 3.63) is 59.3 Å². The Labute approximate surface area is 147 Å². The van der Waals surface area contributed by atoms with E-state index < -0.39 is 19.1 Å². The van der Waals surface area contributed by atoms with Crippen LogP contribution in [0.5, 0.6) is 0 Å². The average molecular weight is 315 g/mol. The van der Waals surface area contributed by atoms with E-state index in [0.717, 1.165) is 9.30 Å². The lowest BCUT2D eigenvalue weighted by Crippen LogP contribution is -2.24. The minimum atomic E-state index is -2.61. The summed E-state index contributed by atoms with van der Waals surface area (Å²) in [6.45, 7) is -0.851. The highest BCUT2D eigenvalue weighted by Crippen LogP contribution is 2.26. The lowest BCUT2D eigenvalue weighted by molar-refractivity contribution is -0.128. The largest absolute Gasteiger partial charge is 0.348 e. The fourth-order valence-electron chi connectivity index (χ4n) is 2.12. The average Bonchev–Trinajstić information content (AvgIpc) is 3.11. The predicted octanol–water partition coefficient (Wildman–Crippen LogP) is 3.25. The molecule has 3 rings (SSSR count). The summed E-state index contributed by atoms with van der Waals surface area (Å²) in [6, 6.07) is 5.12. The number of hydrogen-bond donors (Lipinski definition) is 0. The van der Waals surface area contributed by atoms with Gasteiger partial charge in [0.25, 0.3) is 0 Å². The first-order valence-electron chi connectivity index (χ1n) is 11.0. The normalized spacial score (nSPS) is 17.2. The van der Waals surface area contributed by atoms with Crippen LogP contribution in [0.2, 0.25) is 0 Å². The quantitative estimate of drug-likeness (QED) is 0.744. The van der Waals surface area contributed by atoms with Crippen molar-refractivity contribution in [3.63, 3.8) is 0 Å². The molecule has 0 saturated carbocycles. The summed E-state index contributed by atoms with van der Waals surface area (Å²) in [7, 11) is 2.80. The second-order valence-electron chi connectivity index (χ2n) is 5.36. The maximum atomic E-state index is 12.7. The Hall–Kier alpha value is -2.62. The number of carbonyl (C=O) groups excluding carboxylic acids is 1. The van der Waals surface area contributed by atoms with E-state index in [9.17, 15) is 4.79 Å². The molecule has 0 aliphatic rings. The van der Waals surface area contributed by atoms with Crippen LogP contribution in [0.4, 0.5) is 0 Å². The molecule has 0 spiro atoms. The third-order valence-electron chi connectivity index (χ3n) is 3.31. The first kappa shape index (κ1) is 8.29. The third kappa shape index (κ3) is 2.97. The molecule has 0 aliphatic heterocycles. The lowest BCUT2D eigenvalue weighted by atomic mass is 10.1. The molecule has 0 aliphatic carbocycles. The predicted molar refractivity (Wildman–Crippen MR) is 92.5 cm³/mol. The van der Waals surface area contributed by atoms with Gasteiger partial charge in [-0.3, -0.25) is 4.79 Å². The maximum Gasteiger partial charge on any atom is 0.228 e. The number of aryl methyl sites for hydroxylation is 1. The van der Waals surface area contributed by atoms with Crippen molar-refractivity contribution in [2.45, 2.75) is 20.1 Å². The van der Waals surface area contributed by atoms with Crippen LogP contribution in [-0.4, -0.2) is 34.3 Å². The summed E-state index contributed by atoms with van der Waals surface area (Å²) in [4.78, 5) is 18.1. The number of hydrogen-bond acceptors (Lipinski definition) is 2. The Balaban J connectivity index is 2.43. The van der Waals surface area contributed by atoms with Crippen molar-refractivity contribution in [2.75, 3.05) is 14.1 Å². The Morgan fingerprint density at radius 3 is 2.70 bits per heavy atom. The van der Waals surface area contributed by atoms with Crippen LogP contribution in [0, 0.1) is 13.8 Å². The number of likely N-dealkylation sites (N-methyl/N-ethyl adjacent to an activating group) is 1. The van der Waals surface area contributed by atoms with Crippen LogP contribution in [0.3, 0.4) is 0 Å². The number of fused-ring (bicyclic) bond motifs is 1. The van der Waals surface area contributed by atoms with Gasteiger partial charge in [0.1, 0.15) is 5.65 Å². The fourth-order valence-corrected chi connectivity index (χ4v) is 2.12. The fraction of sp³-hybridized carbons (Fsp3) is 0.263. The van der Waals surface area contributed by atoms with E-state index in [1.807, 2.05) is 0 Å². The van der Waals surface area contributed by atoms with Crippen LogP contribution in [0.1, 0.15) is 27.8 Å². The minimum Gasteiger partial charge on any atom is -0.348 e. The van der Waals surface area contributed by atoms with Gasteiger partial charge in [0.05, 0.1) is 21.9 Å². The van der Waals surface area contributed by atoms with Gasteiger partial charge in [0.2, 0.25) is 5.91 Å². The van der Waals surface area contributed by atoms with E-state index in [-0.39, 0.29) is 46.4 Å². The number of amides is 1. The zero-order valence-electron chi connectivity index (χ0n) is 21.1. The van der Waals surface area contributed by atoms with E-state index in [1.54, 1.807) is 0 Å². The topological polar surface area (TPSA) is 37.6 Å². The zero-order chi connectivity index (χ0) is 23.5. The molecule has 0 saturated heterocycles. The Morgan fingerprint density at radius 1 is 1.30 bits per heavy atom. The smallest absolute Gasteiger partial charge is 0.228 e. The molecule has 0 radical (unpaired) electrons. The lowest BCUT2D eigenvalue weighted by Gasteiger charge is -2.11. The standard InChI is InChI=1S/C19H21N3O/c1-13-5-8-15(9-6-13)19-16(11-18(23)21(3)4)22-12-14(2)7-10-17(22)20-19/h5-10,12H,11H2,1-4H3/i1D3,7D,10D,11D2,12D. The van der Waals surface area contributed by atoms with Gasteiger partial charge in [-0.05, 0) is 25.4 Å². The molecule has 0 N–H and O–H groups in total. The number of carbonyl (C=O) groups is 1. The molecule has 4 heteroatoms. The molecule has 2 heterocycles. The molecule has 0 fully saturated rings. The molecule has 3 aromatic rings. The highest BCUT2D eigenvalue weighted by Gasteiger charge is 2.18. The Morgan fingerprint density at radius 2 is 2.04 bits per heavy atom. The highest BCUT2D eigenvalue weighted by molar-refractivity contribution is 5.81. The molecule has 23 heavy (non-hydrogen) atoms. The van der Waals surface area contributed by atoms with Crippen LogP contribution in [-0.2, 0) is 11.2 Å². The Kier molecular flexibility index (Phi) is 2.12. The monoisotopic (exact) mass is 315 g/mol. The van der Waals surface area contributed by atoms with Crippen LogP contribution in [0.25, 0.3) is 16.9 Å². The summed E-state index contributed by atoms with van der Waals surface area (Å²) in [5, 5.41) is 0. The van der Waals surface area contributed by atoms with E-state index >= 15 is 0 Å². The molecular weight excluding hydrogens is 286 g/mol. The van der Waals surface area contributed by atoms with Gasteiger partial charge >= 0.3 is 0 Å². The van der Waals surface area contributed by atoms with E-state index in [4.69, 9.17) is 11.0 Å². The maximum absolute atomic E-state index is 12.7. The van der Waals surface area contributed by atoms with Crippen LogP contribution in [0.15, 0.2) is 42.5 Å².